The number of nitrogens with zero attached hydrogens (tertiary/aromatic N) is 1. The smallest absolute Gasteiger partial charge is 0.238 e. The summed E-state index contributed by atoms with van der Waals surface area (Å²) in [5.41, 5.74) is 4.99. The van der Waals surface area contributed by atoms with Gasteiger partial charge in [0.05, 0.1) is 6.61 Å². The maximum atomic E-state index is 6.06. The number of aromatic amines is 1. The summed E-state index contributed by atoms with van der Waals surface area (Å²) in [5, 5.41) is 1.32. The van der Waals surface area contributed by atoms with Crippen molar-refractivity contribution in [3.8, 4) is 5.88 Å². The molecule has 1 aliphatic carbocycles. The largest absolute Gasteiger partial charge is 0.476 e. The van der Waals surface area contributed by atoms with Crippen molar-refractivity contribution in [1.82, 2.24) is 9.97 Å². The minimum atomic E-state index is 0.717. The van der Waals surface area contributed by atoms with Crippen molar-refractivity contribution in [3.63, 3.8) is 0 Å². The second kappa shape index (κ2) is 6.08. The van der Waals surface area contributed by atoms with Crippen molar-refractivity contribution in [2.75, 3.05) is 6.61 Å². The predicted octanol–water partition coefficient (Wildman–Crippen LogP) is 4.70. The molecule has 21 heavy (non-hydrogen) atoms. The summed E-state index contributed by atoms with van der Waals surface area (Å²) in [7, 11) is 0. The third-order valence-corrected chi connectivity index (χ3v) is 4.82. The Morgan fingerprint density at radius 2 is 2.05 bits per heavy atom. The van der Waals surface area contributed by atoms with Crippen LogP contribution in [0.3, 0.4) is 0 Å². The number of hydrogen-bond donors (Lipinski definition) is 1. The van der Waals surface area contributed by atoms with Gasteiger partial charge in [-0.3, -0.25) is 0 Å². The number of ether oxygens (including phenoxy) is 1. The van der Waals surface area contributed by atoms with E-state index in [9.17, 15) is 0 Å². The standard InChI is InChI=1S/C18H26N2O/c1-4-7-15-10-19-18(21-11-14-8-5-6-9-14)17-16(15)12(2)13(3)20-17/h10,14,20H,4-9,11H2,1-3H3. The third kappa shape index (κ3) is 2.78. The highest BCUT2D eigenvalue weighted by atomic mass is 16.5. The fourth-order valence-corrected chi connectivity index (χ4v) is 3.49. The first-order chi connectivity index (χ1) is 10.2. The van der Waals surface area contributed by atoms with E-state index in [0.717, 1.165) is 30.8 Å². The van der Waals surface area contributed by atoms with Gasteiger partial charge in [-0.2, -0.15) is 0 Å². The molecule has 1 N–H and O–H groups in total. The van der Waals surface area contributed by atoms with Crippen molar-refractivity contribution < 1.29 is 4.74 Å². The molecule has 2 aromatic heterocycles. The second-order valence-corrected chi connectivity index (χ2v) is 6.43. The minimum absolute atomic E-state index is 0.717. The van der Waals surface area contributed by atoms with E-state index in [2.05, 4.69) is 30.7 Å². The van der Waals surface area contributed by atoms with Crippen LogP contribution in [0.2, 0.25) is 0 Å². The molecule has 3 rings (SSSR count). The monoisotopic (exact) mass is 286 g/mol. The number of hydrogen-bond acceptors (Lipinski definition) is 2. The van der Waals surface area contributed by atoms with Crippen LogP contribution in [-0.4, -0.2) is 16.6 Å². The fraction of sp³-hybridized carbons (Fsp3) is 0.611. The zero-order chi connectivity index (χ0) is 14.8. The first-order valence-electron chi connectivity index (χ1n) is 8.30. The molecular formula is C18H26N2O. The van der Waals surface area contributed by atoms with Gasteiger partial charge in [-0.25, -0.2) is 4.98 Å². The molecule has 0 amide bonds. The van der Waals surface area contributed by atoms with Gasteiger partial charge in [-0.15, -0.1) is 0 Å². The molecule has 3 nitrogen and oxygen atoms in total. The quantitative estimate of drug-likeness (QED) is 0.865. The molecule has 0 unspecified atom stereocenters. The van der Waals surface area contributed by atoms with Gasteiger partial charge < -0.3 is 9.72 Å². The van der Waals surface area contributed by atoms with E-state index in [0.29, 0.717) is 5.92 Å². The van der Waals surface area contributed by atoms with Gasteiger partial charge in [0.2, 0.25) is 5.88 Å². The average molecular weight is 286 g/mol. The van der Waals surface area contributed by atoms with Gasteiger partial charge in [-0.1, -0.05) is 26.2 Å². The Morgan fingerprint density at radius 1 is 1.29 bits per heavy atom. The Balaban J connectivity index is 1.91. The van der Waals surface area contributed by atoms with Crippen LogP contribution >= 0.6 is 0 Å². The Bertz CT molecular complexity index is 624. The summed E-state index contributed by atoms with van der Waals surface area (Å²) < 4.78 is 6.06. The van der Waals surface area contributed by atoms with E-state index in [-0.39, 0.29) is 0 Å². The van der Waals surface area contributed by atoms with Crippen molar-refractivity contribution in [2.45, 2.75) is 59.3 Å². The van der Waals surface area contributed by atoms with Gasteiger partial charge in [-0.05, 0) is 50.2 Å². The summed E-state index contributed by atoms with van der Waals surface area (Å²) in [5.74, 6) is 1.50. The van der Waals surface area contributed by atoms with Gasteiger partial charge in [0.15, 0.2) is 0 Å². The fourth-order valence-electron chi connectivity index (χ4n) is 3.49. The van der Waals surface area contributed by atoms with Crippen LogP contribution in [0, 0.1) is 19.8 Å². The van der Waals surface area contributed by atoms with E-state index in [1.807, 2.05) is 6.20 Å². The zero-order valence-electron chi connectivity index (χ0n) is 13.5. The molecule has 1 saturated carbocycles. The third-order valence-electron chi connectivity index (χ3n) is 4.82. The van der Waals surface area contributed by atoms with Crippen LogP contribution in [0.5, 0.6) is 5.88 Å². The van der Waals surface area contributed by atoms with E-state index < -0.39 is 0 Å². The van der Waals surface area contributed by atoms with E-state index in [4.69, 9.17) is 4.74 Å². The van der Waals surface area contributed by atoms with Crippen LogP contribution < -0.4 is 4.74 Å². The SMILES string of the molecule is CCCc1cnc(OCC2CCCC2)c2[nH]c(C)c(C)c12. The Morgan fingerprint density at radius 3 is 2.76 bits per heavy atom. The first-order valence-corrected chi connectivity index (χ1v) is 8.30. The molecule has 3 heteroatoms. The number of aromatic nitrogens is 2. The summed E-state index contributed by atoms with van der Waals surface area (Å²) in [4.78, 5) is 8.07. The van der Waals surface area contributed by atoms with Gasteiger partial charge in [0, 0.05) is 17.3 Å². The number of fused-ring (bicyclic) bond motifs is 1. The van der Waals surface area contributed by atoms with Crippen LogP contribution in [0.25, 0.3) is 10.9 Å². The number of H-pyrrole nitrogens is 1. The molecule has 114 valence electrons. The molecule has 0 bridgehead atoms. The van der Waals surface area contributed by atoms with Crippen LogP contribution in [0.4, 0.5) is 0 Å². The molecule has 1 fully saturated rings. The normalized spacial score (nSPS) is 16.0. The summed E-state index contributed by atoms with van der Waals surface area (Å²) >= 11 is 0. The molecule has 0 saturated heterocycles. The molecule has 2 heterocycles. The Hall–Kier alpha value is -1.51. The summed E-state index contributed by atoms with van der Waals surface area (Å²) in [6, 6.07) is 0. The maximum Gasteiger partial charge on any atom is 0.238 e. The molecule has 0 radical (unpaired) electrons. The van der Waals surface area contributed by atoms with Crippen molar-refractivity contribution in [2.24, 2.45) is 5.92 Å². The molecule has 0 spiro atoms. The minimum Gasteiger partial charge on any atom is -0.476 e. The highest BCUT2D eigenvalue weighted by Crippen LogP contribution is 2.32. The molecule has 0 aliphatic heterocycles. The van der Waals surface area contributed by atoms with Crippen LogP contribution in [0.1, 0.15) is 55.8 Å². The Kier molecular flexibility index (Phi) is 4.18. The maximum absolute atomic E-state index is 6.06. The van der Waals surface area contributed by atoms with E-state index in [1.165, 1.54) is 47.9 Å². The van der Waals surface area contributed by atoms with E-state index in [1.54, 1.807) is 0 Å². The number of nitrogens with one attached hydrogen (secondary N) is 1. The first kappa shape index (κ1) is 14.4. The van der Waals surface area contributed by atoms with Crippen molar-refractivity contribution >= 4 is 10.9 Å². The number of aryl methyl sites for hydroxylation is 3. The van der Waals surface area contributed by atoms with Crippen molar-refractivity contribution in [1.29, 1.82) is 0 Å². The lowest BCUT2D eigenvalue weighted by Gasteiger charge is -2.12. The van der Waals surface area contributed by atoms with Gasteiger partial charge in [0.1, 0.15) is 5.52 Å². The summed E-state index contributed by atoms with van der Waals surface area (Å²) in [6.45, 7) is 7.34. The Labute approximate surface area is 127 Å². The number of pyridine rings is 1. The zero-order valence-corrected chi connectivity index (χ0v) is 13.5. The highest BCUT2D eigenvalue weighted by Gasteiger charge is 2.18. The highest BCUT2D eigenvalue weighted by molar-refractivity contribution is 5.90. The predicted molar refractivity (Wildman–Crippen MR) is 87.0 cm³/mol. The molecule has 0 aromatic carbocycles. The van der Waals surface area contributed by atoms with E-state index >= 15 is 0 Å². The van der Waals surface area contributed by atoms with Crippen LogP contribution in [-0.2, 0) is 6.42 Å². The number of rotatable bonds is 5. The van der Waals surface area contributed by atoms with Gasteiger partial charge >= 0.3 is 0 Å². The second-order valence-electron chi connectivity index (χ2n) is 6.43. The topological polar surface area (TPSA) is 37.9 Å². The summed E-state index contributed by atoms with van der Waals surface area (Å²) in [6.07, 6.45) is 9.54. The van der Waals surface area contributed by atoms with Crippen LogP contribution in [0.15, 0.2) is 6.20 Å². The lowest BCUT2D eigenvalue weighted by Crippen LogP contribution is -2.09. The molecule has 0 atom stereocenters. The van der Waals surface area contributed by atoms with Crippen molar-refractivity contribution in [3.05, 3.63) is 23.0 Å². The lowest BCUT2D eigenvalue weighted by molar-refractivity contribution is 0.246. The van der Waals surface area contributed by atoms with Gasteiger partial charge in [0.25, 0.3) is 0 Å². The molecule has 1 aliphatic rings. The average Bonchev–Trinajstić information content (AvgIpc) is 3.08. The molecule has 2 aromatic rings. The lowest BCUT2D eigenvalue weighted by atomic mass is 10.0. The molecular weight excluding hydrogens is 260 g/mol.